The van der Waals surface area contributed by atoms with E-state index >= 15 is 0 Å². The maximum Gasteiger partial charge on any atom is 0.255 e. The van der Waals surface area contributed by atoms with Crippen LogP contribution in [0.3, 0.4) is 0 Å². The summed E-state index contributed by atoms with van der Waals surface area (Å²) in [5, 5.41) is 6.47. The number of nitrogens with zero attached hydrogens (tertiary/aromatic N) is 1. The summed E-state index contributed by atoms with van der Waals surface area (Å²) in [5.41, 5.74) is 6.84. The van der Waals surface area contributed by atoms with Crippen molar-refractivity contribution in [2.75, 3.05) is 20.3 Å². The first-order chi connectivity index (χ1) is 14.9. The van der Waals surface area contributed by atoms with Gasteiger partial charge in [-0.05, 0) is 61.1 Å². The van der Waals surface area contributed by atoms with Crippen LogP contribution in [-0.4, -0.2) is 32.1 Å². The second kappa shape index (κ2) is 10.7. The van der Waals surface area contributed by atoms with Gasteiger partial charge < -0.3 is 25.8 Å². The predicted octanol–water partition coefficient (Wildman–Crippen LogP) is 2.90. The number of rotatable bonds is 10. The summed E-state index contributed by atoms with van der Waals surface area (Å²) in [6.45, 7) is 2.83. The lowest BCUT2D eigenvalue weighted by Crippen LogP contribution is -2.38. The molecule has 7 nitrogen and oxygen atoms in total. The minimum atomic E-state index is -0.527. The van der Waals surface area contributed by atoms with Gasteiger partial charge >= 0.3 is 0 Å². The van der Waals surface area contributed by atoms with Gasteiger partial charge in [-0.1, -0.05) is 18.2 Å². The van der Waals surface area contributed by atoms with Crippen LogP contribution in [0.25, 0.3) is 0 Å². The Morgan fingerprint density at radius 3 is 2.74 bits per heavy atom. The van der Waals surface area contributed by atoms with E-state index in [0.717, 1.165) is 24.0 Å². The van der Waals surface area contributed by atoms with Gasteiger partial charge in [0.1, 0.15) is 5.75 Å². The van der Waals surface area contributed by atoms with Crippen LogP contribution in [-0.2, 0) is 11.3 Å². The van der Waals surface area contributed by atoms with E-state index in [1.807, 2.05) is 31.2 Å². The van der Waals surface area contributed by atoms with Gasteiger partial charge in [-0.15, -0.1) is 0 Å². The second-order valence-corrected chi connectivity index (χ2v) is 7.64. The van der Waals surface area contributed by atoms with Crippen LogP contribution in [0.15, 0.2) is 47.5 Å². The van der Waals surface area contributed by atoms with Crippen LogP contribution in [0.4, 0.5) is 4.39 Å². The number of halogens is 1. The Morgan fingerprint density at radius 2 is 2.06 bits per heavy atom. The van der Waals surface area contributed by atoms with Gasteiger partial charge in [0.15, 0.2) is 24.1 Å². The topological polar surface area (TPSA) is 98.0 Å². The highest BCUT2D eigenvalue weighted by Crippen LogP contribution is 2.30. The van der Waals surface area contributed by atoms with Crippen molar-refractivity contribution >= 4 is 11.9 Å². The molecule has 3 rings (SSSR count). The van der Waals surface area contributed by atoms with E-state index in [0.29, 0.717) is 36.5 Å². The number of nitrogens with one attached hydrogen (secondary N) is 2. The van der Waals surface area contributed by atoms with Crippen LogP contribution < -0.4 is 25.8 Å². The minimum absolute atomic E-state index is 0.164. The number of guanidine groups is 1. The van der Waals surface area contributed by atoms with E-state index in [1.54, 1.807) is 19.2 Å². The molecule has 0 radical (unpaired) electrons. The maximum atomic E-state index is 14.4. The molecule has 0 bridgehead atoms. The Morgan fingerprint density at radius 1 is 1.26 bits per heavy atom. The van der Waals surface area contributed by atoms with Crippen LogP contribution >= 0.6 is 0 Å². The molecule has 8 heteroatoms. The number of carbonyl (C=O) groups is 1. The van der Waals surface area contributed by atoms with Crippen molar-refractivity contribution in [3.8, 4) is 11.5 Å². The SMILES string of the molecule is CN=C(NCc1cccc(OCC(N)=O)c1)NC(C)c1ccc(OCC2CC2)c(F)c1. The second-order valence-electron chi connectivity index (χ2n) is 7.64. The van der Waals surface area contributed by atoms with Crippen molar-refractivity contribution < 1.29 is 18.7 Å². The molecular formula is C23H29FN4O3. The summed E-state index contributed by atoms with van der Waals surface area (Å²) in [6.07, 6.45) is 2.33. The zero-order chi connectivity index (χ0) is 22.2. The average molecular weight is 429 g/mol. The highest BCUT2D eigenvalue weighted by atomic mass is 19.1. The molecule has 1 aliphatic rings. The maximum absolute atomic E-state index is 14.4. The largest absolute Gasteiger partial charge is 0.490 e. The first kappa shape index (κ1) is 22.4. The summed E-state index contributed by atoms with van der Waals surface area (Å²) in [5.74, 6) is 1.12. The van der Waals surface area contributed by atoms with Crippen LogP contribution in [0.2, 0.25) is 0 Å². The van der Waals surface area contributed by atoms with Gasteiger partial charge in [-0.2, -0.15) is 0 Å². The highest BCUT2D eigenvalue weighted by Gasteiger charge is 2.22. The standard InChI is InChI=1S/C23H29FN4O3/c1-15(18-8-9-21(20(24)11-18)31-13-16-6-7-16)28-23(26-2)27-12-17-4-3-5-19(10-17)30-14-22(25)29/h3-5,8-11,15-16H,6-7,12-14H2,1-2H3,(H2,25,29)(H2,26,27,28). The first-order valence-corrected chi connectivity index (χ1v) is 10.3. The van der Waals surface area contributed by atoms with Gasteiger partial charge in [0.25, 0.3) is 5.91 Å². The number of amides is 1. The molecule has 0 spiro atoms. The van der Waals surface area contributed by atoms with E-state index in [9.17, 15) is 9.18 Å². The number of nitrogens with two attached hydrogens (primary N) is 1. The number of hydrogen-bond acceptors (Lipinski definition) is 4. The third kappa shape index (κ3) is 7.16. The fraction of sp³-hybridized carbons (Fsp3) is 0.391. The summed E-state index contributed by atoms with van der Waals surface area (Å²) >= 11 is 0. The van der Waals surface area contributed by atoms with E-state index < -0.39 is 5.91 Å². The fourth-order valence-electron chi connectivity index (χ4n) is 2.96. The number of hydrogen-bond donors (Lipinski definition) is 3. The molecule has 0 saturated heterocycles. The van der Waals surface area contributed by atoms with E-state index in [1.165, 1.54) is 6.07 Å². The molecule has 1 fully saturated rings. The summed E-state index contributed by atoms with van der Waals surface area (Å²) < 4.78 is 25.3. The third-order valence-electron chi connectivity index (χ3n) is 4.94. The molecule has 0 heterocycles. The Kier molecular flexibility index (Phi) is 7.70. The third-order valence-corrected chi connectivity index (χ3v) is 4.94. The van der Waals surface area contributed by atoms with Crippen molar-refractivity contribution in [1.29, 1.82) is 0 Å². The van der Waals surface area contributed by atoms with Crippen LogP contribution in [0.5, 0.6) is 11.5 Å². The predicted molar refractivity (Wildman–Crippen MR) is 117 cm³/mol. The monoisotopic (exact) mass is 428 g/mol. The van der Waals surface area contributed by atoms with Gasteiger partial charge in [0.2, 0.25) is 0 Å². The molecular weight excluding hydrogens is 399 g/mol. The molecule has 31 heavy (non-hydrogen) atoms. The van der Waals surface area contributed by atoms with E-state index in [4.69, 9.17) is 15.2 Å². The van der Waals surface area contributed by atoms with Crippen molar-refractivity contribution in [3.63, 3.8) is 0 Å². The molecule has 2 aromatic carbocycles. The van der Waals surface area contributed by atoms with Crippen LogP contribution in [0, 0.1) is 11.7 Å². The Balaban J connectivity index is 1.52. The molecule has 1 atom stereocenters. The molecule has 1 amide bonds. The quantitative estimate of drug-likeness (QED) is 0.399. The molecule has 0 aromatic heterocycles. The molecule has 1 aliphatic carbocycles. The number of ether oxygens (including phenoxy) is 2. The number of benzene rings is 2. The van der Waals surface area contributed by atoms with Gasteiger partial charge in [0, 0.05) is 13.6 Å². The average Bonchev–Trinajstić information content (AvgIpc) is 3.59. The molecule has 166 valence electrons. The Bertz CT molecular complexity index is 931. The lowest BCUT2D eigenvalue weighted by atomic mass is 10.1. The van der Waals surface area contributed by atoms with Crippen molar-refractivity contribution in [2.24, 2.45) is 16.6 Å². The summed E-state index contributed by atoms with van der Waals surface area (Å²) in [6, 6.07) is 12.2. The normalized spacial score (nSPS) is 14.6. The summed E-state index contributed by atoms with van der Waals surface area (Å²) in [7, 11) is 1.67. The van der Waals surface area contributed by atoms with Crippen LogP contribution in [0.1, 0.15) is 36.9 Å². The zero-order valence-electron chi connectivity index (χ0n) is 17.9. The minimum Gasteiger partial charge on any atom is -0.490 e. The number of aliphatic imine (C=N–C) groups is 1. The number of carbonyl (C=O) groups excluding carboxylic acids is 1. The summed E-state index contributed by atoms with van der Waals surface area (Å²) in [4.78, 5) is 15.1. The molecule has 0 aliphatic heterocycles. The Labute approximate surface area is 181 Å². The molecule has 1 saturated carbocycles. The molecule has 2 aromatic rings. The Hall–Kier alpha value is -3.29. The first-order valence-electron chi connectivity index (χ1n) is 10.3. The van der Waals surface area contributed by atoms with Gasteiger partial charge in [-0.3, -0.25) is 9.79 Å². The van der Waals surface area contributed by atoms with Crippen molar-refractivity contribution in [1.82, 2.24) is 10.6 Å². The molecule has 1 unspecified atom stereocenters. The van der Waals surface area contributed by atoms with Gasteiger partial charge in [0.05, 0.1) is 12.6 Å². The molecule has 4 N–H and O–H groups in total. The number of primary amides is 1. The van der Waals surface area contributed by atoms with E-state index in [-0.39, 0.29) is 18.5 Å². The van der Waals surface area contributed by atoms with Crippen molar-refractivity contribution in [3.05, 3.63) is 59.4 Å². The lowest BCUT2D eigenvalue weighted by molar-refractivity contribution is -0.119. The van der Waals surface area contributed by atoms with Gasteiger partial charge in [-0.25, -0.2) is 4.39 Å². The lowest BCUT2D eigenvalue weighted by Gasteiger charge is -2.19. The fourth-order valence-corrected chi connectivity index (χ4v) is 2.96. The highest BCUT2D eigenvalue weighted by molar-refractivity contribution is 5.80. The van der Waals surface area contributed by atoms with Crippen molar-refractivity contribution in [2.45, 2.75) is 32.4 Å². The zero-order valence-corrected chi connectivity index (χ0v) is 17.9. The smallest absolute Gasteiger partial charge is 0.255 e. The van der Waals surface area contributed by atoms with E-state index in [2.05, 4.69) is 15.6 Å².